The third-order valence-electron chi connectivity index (χ3n) is 10.1. The Kier molecular flexibility index (Phi) is 6.53. The van der Waals surface area contributed by atoms with Gasteiger partial charge in [0.15, 0.2) is 0 Å². The first-order valence-corrected chi connectivity index (χ1v) is 17.2. The van der Waals surface area contributed by atoms with E-state index in [2.05, 4.69) is 203 Å². The minimum atomic E-state index is 1.16. The van der Waals surface area contributed by atoms with E-state index in [1.807, 2.05) is 0 Å². The fourth-order valence-corrected chi connectivity index (χ4v) is 7.91. The summed E-state index contributed by atoms with van der Waals surface area (Å²) >= 11 is 0. The molecular weight excluding hydrogens is 605 g/mol. The average Bonchev–Trinajstić information content (AvgIpc) is 3.71. The van der Waals surface area contributed by atoms with Gasteiger partial charge in [-0.3, -0.25) is 0 Å². The molecule has 0 aliphatic heterocycles. The maximum atomic E-state index is 2.49. The second-order valence-electron chi connectivity index (χ2n) is 12.9. The summed E-state index contributed by atoms with van der Waals surface area (Å²) in [6, 6.07) is 70.4. The van der Waals surface area contributed by atoms with E-state index in [-0.39, 0.29) is 0 Å². The van der Waals surface area contributed by atoms with Gasteiger partial charge in [0.05, 0.1) is 27.8 Å². The largest absolute Gasteiger partial charge is 0.309 e. The van der Waals surface area contributed by atoms with Crippen molar-refractivity contribution in [1.82, 2.24) is 9.13 Å². The zero-order valence-corrected chi connectivity index (χ0v) is 27.4. The predicted molar refractivity (Wildman–Crippen MR) is 211 cm³/mol. The lowest BCUT2D eigenvalue weighted by atomic mass is 9.93. The molecule has 2 heterocycles. The lowest BCUT2D eigenvalue weighted by Gasteiger charge is -2.19. The fourth-order valence-electron chi connectivity index (χ4n) is 7.91. The maximum absolute atomic E-state index is 2.49. The van der Waals surface area contributed by atoms with Crippen LogP contribution in [-0.2, 0) is 0 Å². The predicted octanol–water partition coefficient (Wildman–Crippen LogP) is 12.9. The number of fused-ring (bicyclic) bond motifs is 6. The van der Waals surface area contributed by atoms with Crippen LogP contribution in [0, 0.1) is 0 Å². The van der Waals surface area contributed by atoms with E-state index in [0.717, 1.165) is 5.69 Å². The molecule has 2 aromatic heterocycles. The molecule has 234 valence electrons. The first-order chi connectivity index (χ1) is 24.8. The molecule has 50 heavy (non-hydrogen) atoms. The molecule has 0 saturated heterocycles. The summed E-state index contributed by atoms with van der Waals surface area (Å²) in [7, 11) is 0. The second kappa shape index (κ2) is 11.5. The SMILES string of the molecule is c1ccc(-c2cccc(-c3cccc(-c4ccccc4)c3-n3c4ccccc4c4cc(-n5c6ccccc6c6ccccc65)ccc43)c2)cc1. The first kappa shape index (κ1) is 28.4. The molecule has 10 rings (SSSR count). The lowest BCUT2D eigenvalue weighted by molar-refractivity contribution is 1.17. The highest BCUT2D eigenvalue weighted by atomic mass is 15.0. The number of hydrogen-bond acceptors (Lipinski definition) is 0. The van der Waals surface area contributed by atoms with Gasteiger partial charge in [-0.2, -0.15) is 0 Å². The van der Waals surface area contributed by atoms with Crippen molar-refractivity contribution in [2.24, 2.45) is 0 Å². The highest BCUT2D eigenvalue weighted by molar-refractivity contribution is 6.13. The van der Waals surface area contributed by atoms with Gasteiger partial charge in [0.25, 0.3) is 0 Å². The van der Waals surface area contributed by atoms with E-state index in [1.54, 1.807) is 0 Å². The highest BCUT2D eigenvalue weighted by Gasteiger charge is 2.21. The molecule has 0 amide bonds. The van der Waals surface area contributed by atoms with Crippen molar-refractivity contribution in [2.75, 3.05) is 0 Å². The average molecular weight is 637 g/mol. The molecule has 0 saturated carbocycles. The summed E-state index contributed by atoms with van der Waals surface area (Å²) in [6.07, 6.45) is 0. The van der Waals surface area contributed by atoms with Gasteiger partial charge >= 0.3 is 0 Å². The van der Waals surface area contributed by atoms with Gasteiger partial charge in [0.1, 0.15) is 0 Å². The molecule has 0 aliphatic rings. The van der Waals surface area contributed by atoms with Gasteiger partial charge in [-0.05, 0) is 64.7 Å². The Morgan fingerprint density at radius 1 is 0.260 bits per heavy atom. The third-order valence-corrected chi connectivity index (χ3v) is 10.1. The molecule has 2 nitrogen and oxygen atoms in total. The molecular formula is C48H32N2. The van der Waals surface area contributed by atoms with Crippen LogP contribution >= 0.6 is 0 Å². The van der Waals surface area contributed by atoms with E-state index in [0.29, 0.717) is 0 Å². The molecule has 0 spiro atoms. The number of nitrogens with zero attached hydrogens (tertiary/aromatic N) is 2. The first-order valence-electron chi connectivity index (χ1n) is 17.2. The van der Waals surface area contributed by atoms with Crippen LogP contribution in [0.1, 0.15) is 0 Å². The standard InChI is InChI=1S/C48H32N2/c1-3-15-33(16-4-1)35-19-13-20-36(31-35)39-25-14-24-38(34-17-5-2-6-18-34)48(39)50-46-28-12-9-23-42(46)43-32-37(29-30-47(43)50)49-44-26-10-7-21-40(44)41-22-8-11-27-45(41)49/h1-32H. The summed E-state index contributed by atoms with van der Waals surface area (Å²) in [6.45, 7) is 0. The highest BCUT2D eigenvalue weighted by Crippen LogP contribution is 2.43. The quantitative estimate of drug-likeness (QED) is 0.178. The Balaban J connectivity index is 1.27. The number of benzene rings is 8. The van der Waals surface area contributed by atoms with Crippen molar-refractivity contribution in [3.63, 3.8) is 0 Å². The summed E-state index contributed by atoms with van der Waals surface area (Å²) in [4.78, 5) is 0. The van der Waals surface area contributed by atoms with Crippen LogP contribution in [0.15, 0.2) is 194 Å². The van der Waals surface area contributed by atoms with Gasteiger partial charge in [-0.1, -0.05) is 152 Å². The van der Waals surface area contributed by atoms with Crippen LogP contribution in [0.5, 0.6) is 0 Å². The maximum Gasteiger partial charge on any atom is 0.0618 e. The molecule has 8 aromatic carbocycles. The van der Waals surface area contributed by atoms with E-state index in [9.17, 15) is 0 Å². The number of para-hydroxylation sites is 4. The molecule has 0 fully saturated rings. The molecule has 0 radical (unpaired) electrons. The van der Waals surface area contributed by atoms with Gasteiger partial charge in [-0.15, -0.1) is 0 Å². The van der Waals surface area contributed by atoms with Crippen LogP contribution in [-0.4, -0.2) is 9.13 Å². The monoisotopic (exact) mass is 636 g/mol. The lowest BCUT2D eigenvalue weighted by Crippen LogP contribution is -2.01. The summed E-state index contributed by atoms with van der Waals surface area (Å²) in [5, 5.41) is 5.00. The Morgan fingerprint density at radius 2 is 0.720 bits per heavy atom. The van der Waals surface area contributed by atoms with Crippen molar-refractivity contribution in [3.8, 4) is 44.8 Å². The van der Waals surface area contributed by atoms with Crippen LogP contribution < -0.4 is 0 Å². The molecule has 0 unspecified atom stereocenters. The normalized spacial score (nSPS) is 11.6. The van der Waals surface area contributed by atoms with Crippen LogP contribution in [0.3, 0.4) is 0 Å². The van der Waals surface area contributed by atoms with Gasteiger partial charge in [0, 0.05) is 38.4 Å². The van der Waals surface area contributed by atoms with Crippen LogP contribution in [0.2, 0.25) is 0 Å². The molecule has 2 heteroatoms. The molecule has 0 atom stereocenters. The Morgan fingerprint density at radius 3 is 1.38 bits per heavy atom. The number of rotatable bonds is 5. The van der Waals surface area contributed by atoms with E-state index in [1.165, 1.54) is 82.7 Å². The van der Waals surface area contributed by atoms with Crippen LogP contribution in [0.25, 0.3) is 88.4 Å². The number of aromatic nitrogens is 2. The Labute approximate surface area is 290 Å². The minimum Gasteiger partial charge on any atom is -0.309 e. The topological polar surface area (TPSA) is 9.86 Å². The van der Waals surface area contributed by atoms with Gasteiger partial charge in [0.2, 0.25) is 0 Å². The van der Waals surface area contributed by atoms with Crippen molar-refractivity contribution < 1.29 is 0 Å². The van der Waals surface area contributed by atoms with E-state index >= 15 is 0 Å². The number of hydrogen-bond donors (Lipinski definition) is 0. The smallest absolute Gasteiger partial charge is 0.0618 e. The summed E-state index contributed by atoms with van der Waals surface area (Å²) in [5.41, 5.74) is 14.3. The van der Waals surface area contributed by atoms with Crippen LogP contribution in [0.4, 0.5) is 0 Å². The zero-order valence-electron chi connectivity index (χ0n) is 27.4. The third kappa shape index (κ3) is 4.43. The van der Waals surface area contributed by atoms with E-state index in [4.69, 9.17) is 0 Å². The molecule has 0 N–H and O–H groups in total. The molecule has 0 bridgehead atoms. The van der Waals surface area contributed by atoms with Crippen molar-refractivity contribution >= 4 is 43.6 Å². The van der Waals surface area contributed by atoms with Crippen molar-refractivity contribution in [1.29, 1.82) is 0 Å². The fraction of sp³-hybridized carbons (Fsp3) is 0. The Hall–Kier alpha value is -6.64. The second-order valence-corrected chi connectivity index (χ2v) is 12.9. The zero-order chi connectivity index (χ0) is 33.0. The van der Waals surface area contributed by atoms with Crippen molar-refractivity contribution in [3.05, 3.63) is 194 Å². The summed E-state index contributed by atoms with van der Waals surface area (Å²) < 4.78 is 4.90. The van der Waals surface area contributed by atoms with E-state index < -0.39 is 0 Å². The minimum absolute atomic E-state index is 1.16. The summed E-state index contributed by atoms with van der Waals surface area (Å²) in [5.74, 6) is 0. The Bertz CT molecular complexity index is 2800. The molecule has 10 aromatic rings. The van der Waals surface area contributed by atoms with Gasteiger partial charge < -0.3 is 9.13 Å². The van der Waals surface area contributed by atoms with Gasteiger partial charge in [-0.25, -0.2) is 0 Å². The van der Waals surface area contributed by atoms with Crippen molar-refractivity contribution in [2.45, 2.75) is 0 Å². The molecule has 0 aliphatic carbocycles.